The zero-order valence-corrected chi connectivity index (χ0v) is 9.04. The van der Waals surface area contributed by atoms with E-state index in [0.29, 0.717) is 19.0 Å². The third kappa shape index (κ3) is 2.31. The van der Waals surface area contributed by atoms with Crippen LogP contribution in [0.2, 0.25) is 0 Å². The summed E-state index contributed by atoms with van der Waals surface area (Å²) in [4.78, 5) is 11.6. The van der Waals surface area contributed by atoms with Crippen molar-refractivity contribution in [2.75, 3.05) is 6.54 Å². The Bertz CT molecular complexity index is 360. The quantitative estimate of drug-likeness (QED) is 0.782. The average molecular weight is 209 g/mol. The highest BCUT2D eigenvalue weighted by Gasteiger charge is 2.19. The second-order valence-corrected chi connectivity index (χ2v) is 4.32. The van der Waals surface area contributed by atoms with Crippen molar-refractivity contribution in [2.24, 2.45) is 5.73 Å². The lowest BCUT2D eigenvalue weighted by atomic mass is 10.1. The van der Waals surface area contributed by atoms with Gasteiger partial charge in [0.1, 0.15) is 0 Å². The predicted molar refractivity (Wildman–Crippen MR) is 59.9 cm³/mol. The van der Waals surface area contributed by atoms with Crippen LogP contribution in [0.3, 0.4) is 0 Å². The Balaban J connectivity index is 2.09. The SMILES string of the molecule is NCCCn1[nH]c(C2CCCC2)cc1=O. The molecule has 15 heavy (non-hydrogen) atoms. The van der Waals surface area contributed by atoms with Crippen molar-refractivity contribution >= 4 is 0 Å². The summed E-state index contributed by atoms with van der Waals surface area (Å²) in [6.07, 6.45) is 5.87. The normalized spacial score (nSPS) is 17.4. The Morgan fingerprint density at radius 2 is 2.20 bits per heavy atom. The third-order valence-electron chi connectivity index (χ3n) is 3.19. The monoisotopic (exact) mass is 209 g/mol. The van der Waals surface area contributed by atoms with Crippen LogP contribution in [0.1, 0.15) is 43.7 Å². The van der Waals surface area contributed by atoms with E-state index in [-0.39, 0.29) is 5.56 Å². The van der Waals surface area contributed by atoms with E-state index in [4.69, 9.17) is 5.73 Å². The molecule has 0 aromatic carbocycles. The van der Waals surface area contributed by atoms with Gasteiger partial charge in [-0.25, -0.2) is 0 Å². The maximum Gasteiger partial charge on any atom is 0.266 e. The Hall–Kier alpha value is -1.03. The summed E-state index contributed by atoms with van der Waals surface area (Å²) in [6.45, 7) is 1.34. The van der Waals surface area contributed by atoms with Gasteiger partial charge in [-0.3, -0.25) is 14.6 Å². The number of aromatic nitrogens is 2. The largest absolute Gasteiger partial charge is 0.330 e. The molecule has 2 rings (SSSR count). The van der Waals surface area contributed by atoms with Gasteiger partial charge in [-0.2, -0.15) is 0 Å². The molecule has 0 spiro atoms. The van der Waals surface area contributed by atoms with Crippen molar-refractivity contribution in [3.8, 4) is 0 Å². The summed E-state index contributed by atoms with van der Waals surface area (Å²) >= 11 is 0. The Kier molecular flexibility index (Phi) is 3.26. The highest BCUT2D eigenvalue weighted by atomic mass is 16.1. The molecular formula is C11H19N3O. The summed E-state index contributed by atoms with van der Waals surface area (Å²) < 4.78 is 1.68. The average Bonchev–Trinajstić information content (AvgIpc) is 2.83. The lowest BCUT2D eigenvalue weighted by Gasteiger charge is -2.05. The van der Waals surface area contributed by atoms with Gasteiger partial charge in [0.2, 0.25) is 0 Å². The number of hydrogen-bond donors (Lipinski definition) is 2. The van der Waals surface area contributed by atoms with E-state index >= 15 is 0 Å². The van der Waals surface area contributed by atoms with Crippen molar-refractivity contribution in [1.82, 2.24) is 9.78 Å². The second-order valence-electron chi connectivity index (χ2n) is 4.32. The van der Waals surface area contributed by atoms with Crippen molar-refractivity contribution in [2.45, 2.75) is 44.6 Å². The standard InChI is InChI=1S/C11H19N3O/c12-6-3-7-14-11(15)8-10(13-14)9-4-1-2-5-9/h8-9,13H,1-7,12H2. The van der Waals surface area contributed by atoms with Gasteiger partial charge in [0.05, 0.1) is 0 Å². The molecule has 1 aliphatic rings. The molecule has 4 heteroatoms. The van der Waals surface area contributed by atoms with E-state index in [1.165, 1.54) is 25.7 Å². The molecule has 1 fully saturated rings. The molecule has 1 heterocycles. The molecule has 0 bridgehead atoms. The van der Waals surface area contributed by atoms with Gasteiger partial charge < -0.3 is 5.73 Å². The van der Waals surface area contributed by atoms with Crippen LogP contribution in [-0.2, 0) is 6.54 Å². The lowest BCUT2D eigenvalue weighted by molar-refractivity contribution is 0.552. The zero-order valence-electron chi connectivity index (χ0n) is 9.04. The number of nitrogens with zero attached hydrogens (tertiary/aromatic N) is 1. The van der Waals surface area contributed by atoms with Crippen molar-refractivity contribution in [1.29, 1.82) is 0 Å². The van der Waals surface area contributed by atoms with Gasteiger partial charge in [0.15, 0.2) is 0 Å². The minimum atomic E-state index is 0.0883. The summed E-state index contributed by atoms with van der Waals surface area (Å²) in [6, 6.07) is 1.76. The number of hydrogen-bond acceptors (Lipinski definition) is 2. The molecule has 0 radical (unpaired) electrons. The first-order chi connectivity index (χ1) is 7.31. The summed E-state index contributed by atoms with van der Waals surface area (Å²) in [7, 11) is 0. The number of nitrogens with two attached hydrogens (primary N) is 1. The number of nitrogens with one attached hydrogen (secondary N) is 1. The van der Waals surface area contributed by atoms with Crippen LogP contribution in [0.4, 0.5) is 0 Å². The predicted octanol–water partition coefficient (Wildman–Crippen LogP) is 1.18. The summed E-state index contributed by atoms with van der Waals surface area (Å²) in [5, 5.41) is 3.21. The molecule has 0 aliphatic heterocycles. The fraction of sp³-hybridized carbons (Fsp3) is 0.727. The molecule has 3 N–H and O–H groups in total. The first kappa shape index (κ1) is 10.5. The number of aromatic amines is 1. The highest BCUT2D eigenvalue weighted by molar-refractivity contribution is 5.08. The number of rotatable bonds is 4. The van der Waals surface area contributed by atoms with Crippen molar-refractivity contribution < 1.29 is 0 Å². The molecule has 1 aromatic rings. The molecular weight excluding hydrogens is 190 g/mol. The van der Waals surface area contributed by atoms with Gasteiger partial charge in [-0.15, -0.1) is 0 Å². The van der Waals surface area contributed by atoms with Crippen LogP contribution in [0.15, 0.2) is 10.9 Å². The number of aryl methyl sites for hydroxylation is 1. The highest BCUT2D eigenvalue weighted by Crippen LogP contribution is 2.32. The molecule has 0 amide bonds. The van der Waals surface area contributed by atoms with Gasteiger partial charge in [0.25, 0.3) is 5.56 Å². The van der Waals surface area contributed by atoms with Crippen molar-refractivity contribution in [3.05, 3.63) is 22.1 Å². The Morgan fingerprint density at radius 3 is 2.87 bits per heavy atom. The van der Waals surface area contributed by atoms with Gasteiger partial charge in [0, 0.05) is 24.2 Å². The van der Waals surface area contributed by atoms with E-state index < -0.39 is 0 Å². The summed E-state index contributed by atoms with van der Waals surface area (Å²) in [5.41, 5.74) is 6.63. The first-order valence-corrected chi connectivity index (χ1v) is 5.81. The maximum atomic E-state index is 11.6. The Labute approximate surface area is 89.5 Å². The van der Waals surface area contributed by atoms with E-state index in [2.05, 4.69) is 5.10 Å². The maximum absolute atomic E-state index is 11.6. The van der Waals surface area contributed by atoms with Crippen LogP contribution in [0.25, 0.3) is 0 Å². The molecule has 0 unspecified atom stereocenters. The van der Waals surface area contributed by atoms with Crippen LogP contribution < -0.4 is 11.3 Å². The fourth-order valence-corrected chi connectivity index (χ4v) is 2.32. The Morgan fingerprint density at radius 1 is 1.47 bits per heavy atom. The minimum Gasteiger partial charge on any atom is -0.330 e. The van der Waals surface area contributed by atoms with Crippen LogP contribution in [0.5, 0.6) is 0 Å². The lowest BCUT2D eigenvalue weighted by Crippen LogP contribution is -2.17. The summed E-state index contributed by atoms with van der Waals surface area (Å²) in [5.74, 6) is 0.580. The van der Waals surface area contributed by atoms with Crippen LogP contribution in [0, 0.1) is 0 Å². The molecule has 84 valence electrons. The first-order valence-electron chi connectivity index (χ1n) is 5.81. The number of H-pyrrole nitrogens is 1. The van der Waals surface area contributed by atoms with E-state index in [1.54, 1.807) is 10.7 Å². The van der Waals surface area contributed by atoms with Gasteiger partial charge in [-0.05, 0) is 25.8 Å². The molecule has 1 saturated carbocycles. The van der Waals surface area contributed by atoms with Gasteiger partial charge in [-0.1, -0.05) is 12.8 Å². The molecule has 1 aromatic heterocycles. The molecule has 4 nitrogen and oxygen atoms in total. The third-order valence-corrected chi connectivity index (χ3v) is 3.19. The van der Waals surface area contributed by atoms with Crippen molar-refractivity contribution in [3.63, 3.8) is 0 Å². The molecule has 1 aliphatic carbocycles. The topological polar surface area (TPSA) is 63.8 Å². The smallest absolute Gasteiger partial charge is 0.266 e. The van der Waals surface area contributed by atoms with Crippen LogP contribution >= 0.6 is 0 Å². The van der Waals surface area contributed by atoms with Crippen LogP contribution in [-0.4, -0.2) is 16.3 Å². The van der Waals surface area contributed by atoms with E-state index in [0.717, 1.165) is 12.1 Å². The van der Waals surface area contributed by atoms with E-state index in [1.807, 2.05) is 0 Å². The second kappa shape index (κ2) is 4.66. The zero-order chi connectivity index (χ0) is 10.7. The van der Waals surface area contributed by atoms with Gasteiger partial charge >= 0.3 is 0 Å². The minimum absolute atomic E-state index is 0.0883. The van der Waals surface area contributed by atoms with E-state index in [9.17, 15) is 4.79 Å². The molecule has 0 atom stereocenters. The molecule has 0 saturated heterocycles. The fourth-order valence-electron chi connectivity index (χ4n) is 2.32.